The van der Waals surface area contributed by atoms with Gasteiger partial charge in [-0.2, -0.15) is 17.0 Å². The molecule has 80 valence electrons. The molecule has 0 aromatic rings. The fraction of sp³-hybridized carbons (Fsp3) is 0.875. The van der Waals surface area contributed by atoms with E-state index in [9.17, 15) is 8.42 Å². The van der Waals surface area contributed by atoms with E-state index < -0.39 is 15.8 Å². The molecular formula is C8H14N2O2S2. The number of thioether (sulfide) groups is 1. The molecule has 0 radical (unpaired) electrons. The molecule has 1 aliphatic rings. The van der Waals surface area contributed by atoms with Crippen LogP contribution in [0.15, 0.2) is 0 Å². The molecule has 0 amide bonds. The molecule has 1 heterocycles. The molecule has 0 bridgehead atoms. The van der Waals surface area contributed by atoms with E-state index in [4.69, 9.17) is 5.26 Å². The first-order valence-electron chi connectivity index (χ1n) is 4.46. The van der Waals surface area contributed by atoms with Crippen LogP contribution < -0.4 is 4.72 Å². The number of hydrogen-bond acceptors (Lipinski definition) is 4. The lowest BCUT2D eigenvalue weighted by atomic mass is 10.1. The van der Waals surface area contributed by atoms with Crippen molar-refractivity contribution >= 4 is 21.8 Å². The third-order valence-corrected chi connectivity index (χ3v) is 4.85. The van der Waals surface area contributed by atoms with Gasteiger partial charge in [-0.3, -0.25) is 0 Å². The van der Waals surface area contributed by atoms with E-state index in [1.54, 1.807) is 17.8 Å². The minimum atomic E-state index is -3.38. The normalized spacial score (nSPS) is 27.4. The Labute approximate surface area is 89.1 Å². The van der Waals surface area contributed by atoms with E-state index in [1.807, 2.05) is 0 Å². The molecule has 1 unspecified atom stereocenters. The van der Waals surface area contributed by atoms with Gasteiger partial charge >= 0.3 is 0 Å². The Morgan fingerprint density at radius 1 is 1.64 bits per heavy atom. The van der Waals surface area contributed by atoms with Crippen molar-refractivity contribution in [3.8, 4) is 6.07 Å². The Balaban J connectivity index is 2.44. The minimum Gasteiger partial charge on any atom is -0.213 e. The van der Waals surface area contributed by atoms with Gasteiger partial charge in [0.05, 0.1) is 6.07 Å². The molecule has 0 saturated carbocycles. The average molecular weight is 234 g/mol. The zero-order valence-corrected chi connectivity index (χ0v) is 9.75. The second kappa shape index (κ2) is 4.51. The largest absolute Gasteiger partial charge is 0.225 e. The van der Waals surface area contributed by atoms with Crippen LogP contribution in [0, 0.1) is 11.3 Å². The van der Waals surface area contributed by atoms with Crippen molar-refractivity contribution in [1.82, 2.24) is 4.72 Å². The first kappa shape index (κ1) is 11.8. The Morgan fingerprint density at radius 3 is 2.86 bits per heavy atom. The Hall–Kier alpha value is -0.250. The van der Waals surface area contributed by atoms with Crippen molar-refractivity contribution in [2.45, 2.75) is 24.5 Å². The van der Waals surface area contributed by atoms with Crippen molar-refractivity contribution in [2.24, 2.45) is 0 Å². The van der Waals surface area contributed by atoms with Gasteiger partial charge in [0.25, 0.3) is 0 Å². The number of nitriles is 1. The van der Waals surface area contributed by atoms with Crippen LogP contribution in [0.3, 0.4) is 0 Å². The molecule has 14 heavy (non-hydrogen) atoms. The maximum Gasteiger partial charge on any atom is 0.225 e. The van der Waals surface area contributed by atoms with Crippen molar-refractivity contribution in [3.05, 3.63) is 0 Å². The Kier molecular flexibility index (Phi) is 3.81. The second-order valence-corrected chi connectivity index (χ2v) is 7.13. The Bertz CT molecular complexity index is 326. The summed E-state index contributed by atoms with van der Waals surface area (Å²) in [6, 6.07) is 1.64. The zero-order valence-electron chi connectivity index (χ0n) is 8.12. The van der Waals surface area contributed by atoms with Crippen LogP contribution in [0.2, 0.25) is 0 Å². The van der Waals surface area contributed by atoms with Crippen LogP contribution in [0.1, 0.15) is 19.8 Å². The van der Waals surface area contributed by atoms with Gasteiger partial charge in [-0.15, -0.1) is 0 Å². The van der Waals surface area contributed by atoms with Crippen LogP contribution in [0.25, 0.3) is 0 Å². The first-order chi connectivity index (χ1) is 6.47. The molecule has 0 aliphatic carbocycles. The lowest BCUT2D eigenvalue weighted by Crippen LogP contribution is -2.37. The van der Waals surface area contributed by atoms with Gasteiger partial charge in [-0.25, -0.2) is 13.1 Å². The van der Waals surface area contributed by atoms with Gasteiger partial charge in [0.15, 0.2) is 5.75 Å². The van der Waals surface area contributed by atoms with Crippen LogP contribution in [0.5, 0.6) is 0 Å². The summed E-state index contributed by atoms with van der Waals surface area (Å²) in [4.78, 5) is 0. The predicted molar refractivity (Wildman–Crippen MR) is 57.5 cm³/mol. The molecule has 0 aromatic heterocycles. The number of rotatable bonds is 4. The molecular weight excluding hydrogens is 220 g/mol. The fourth-order valence-corrected chi connectivity index (χ4v) is 3.52. The van der Waals surface area contributed by atoms with Crippen LogP contribution in [-0.2, 0) is 10.0 Å². The molecule has 6 heteroatoms. The van der Waals surface area contributed by atoms with Crippen LogP contribution in [-0.4, -0.2) is 31.2 Å². The zero-order chi connectivity index (χ0) is 10.7. The third kappa shape index (κ3) is 3.48. The summed E-state index contributed by atoms with van der Waals surface area (Å²) in [5, 5.41) is 8.28. The van der Waals surface area contributed by atoms with Crippen molar-refractivity contribution in [3.63, 3.8) is 0 Å². The highest BCUT2D eigenvalue weighted by Crippen LogP contribution is 2.36. The molecule has 1 N–H and O–H groups in total. The van der Waals surface area contributed by atoms with Gasteiger partial charge in [-0.05, 0) is 25.5 Å². The number of sulfonamides is 1. The average Bonchev–Trinajstić information content (AvgIpc) is 2.50. The molecule has 1 saturated heterocycles. The summed E-state index contributed by atoms with van der Waals surface area (Å²) in [6.45, 7) is 2.49. The molecule has 1 fully saturated rings. The van der Waals surface area contributed by atoms with E-state index in [-0.39, 0.29) is 4.75 Å². The Morgan fingerprint density at radius 2 is 2.36 bits per heavy atom. The molecule has 1 aliphatic heterocycles. The van der Waals surface area contributed by atoms with Gasteiger partial charge in [0, 0.05) is 11.3 Å². The monoisotopic (exact) mass is 234 g/mol. The molecule has 4 nitrogen and oxygen atoms in total. The molecule has 1 rings (SSSR count). The molecule has 0 spiro atoms. The fourth-order valence-electron chi connectivity index (χ4n) is 1.37. The SMILES string of the molecule is CC1(CNS(=O)(=O)CC#N)CCCS1. The van der Waals surface area contributed by atoms with Crippen molar-refractivity contribution in [1.29, 1.82) is 5.26 Å². The van der Waals surface area contributed by atoms with Crippen LogP contribution >= 0.6 is 11.8 Å². The minimum absolute atomic E-state index is 0.0164. The quantitative estimate of drug-likeness (QED) is 0.778. The summed E-state index contributed by atoms with van der Waals surface area (Å²) >= 11 is 1.79. The highest BCUT2D eigenvalue weighted by atomic mass is 32.2. The smallest absolute Gasteiger partial charge is 0.213 e. The van der Waals surface area contributed by atoms with E-state index in [0.29, 0.717) is 6.54 Å². The van der Waals surface area contributed by atoms with Crippen molar-refractivity contribution in [2.75, 3.05) is 18.1 Å². The third-order valence-electron chi connectivity index (χ3n) is 2.22. The first-order valence-corrected chi connectivity index (χ1v) is 7.09. The lowest BCUT2D eigenvalue weighted by molar-refractivity contribution is 0.555. The number of nitrogens with zero attached hydrogens (tertiary/aromatic N) is 1. The second-order valence-electron chi connectivity index (χ2n) is 3.64. The standard InChI is InChI=1S/C8H14N2O2S2/c1-8(3-2-5-13-8)7-10-14(11,12)6-4-9/h10H,2-3,5-7H2,1H3. The maximum absolute atomic E-state index is 11.2. The van der Waals surface area contributed by atoms with E-state index in [0.717, 1.165) is 18.6 Å². The van der Waals surface area contributed by atoms with Gasteiger partial charge in [0.2, 0.25) is 10.0 Å². The molecule has 1 atom stereocenters. The summed E-state index contributed by atoms with van der Waals surface area (Å²) in [7, 11) is -3.38. The van der Waals surface area contributed by atoms with Crippen LogP contribution in [0.4, 0.5) is 0 Å². The predicted octanol–water partition coefficient (Wildman–Crippen LogP) is 0.715. The van der Waals surface area contributed by atoms with E-state index in [2.05, 4.69) is 11.6 Å². The van der Waals surface area contributed by atoms with Gasteiger partial charge in [0.1, 0.15) is 0 Å². The summed E-state index contributed by atoms with van der Waals surface area (Å²) in [5.74, 6) is 0.643. The van der Waals surface area contributed by atoms with Crippen molar-refractivity contribution < 1.29 is 8.42 Å². The lowest BCUT2D eigenvalue weighted by Gasteiger charge is -2.22. The van der Waals surface area contributed by atoms with E-state index in [1.165, 1.54) is 0 Å². The van der Waals surface area contributed by atoms with Gasteiger partial charge in [-0.1, -0.05) is 0 Å². The highest BCUT2D eigenvalue weighted by molar-refractivity contribution is 8.01. The summed E-state index contributed by atoms with van der Waals surface area (Å²) in [5.41, 5.74) is 0. The number of nitrogens with one attached hydrogen (secondary N) is 1. The summed E-state index contributed by atoms with van der Waals surface area (Å²) < 4.78 is 24.9. The number of hydrogen-bond donors (Lipinski definition) is 1. The van der Waals surface area contributed by atoms with Gasteiger partial charge < -0.3 is 0 Å². The molecule has 0 aromatic carbocycles. The topological polar surface area (TPSA) is 70.0 Å². The highest BCUT2D eigenvalue weighted by Gasteiger charge is 2.30. The maximum atomic E-state index is 11.2. The van der Waals surface area contributed by atoms with E-state index >= 15 is 0 Å². The summed E-state index contributed by atoms with van der Waals surface area (Å²) in [6.07, 6.45) is 2.17.